The Hall–Kier alpha value is -3.91. The molecule has 0 unspecified atom stereocenters. The van der Waals surface area contributed by atoms with Crippen LogP contribution in [0.5, 0.6) is 5.75 Å². The van der Waals surface area contributed by atoms with E-state index in [0.29, 0.717) is 31.7 Å². The van der Waals surface area contributed by atoms with E-state index in [1.165, 1.54) is 0 Å². The fourth-order valence-corrected chi connectivity index (χ4v) is 7.62. The Morgan fingerprint density at radius 3 is 2.37 bits per heavy atom. The van der Waals surface area contributed by atoms with Gasteiger partial charge in [-0.1, -0.05) is 79.2 Å². The number of rotatable bonds is 9. The Morgan fingerprint density at radius 2 is 1.71 bits per heavy atom. The molecule has 7 nitrogen and oxygen atoms in total. The molecule has 0 spiro atoms. The molecule has 2 aliphatic heterocycles. The molecule has 0 aliphatic carbocycles. The lowest BCUT2D eigenvalue weighted by Gasteiger charge is -2.27. The highest BCUT2D eigenvalue weighted by Crippen LogP contribution is 2.45. The Bertz CT molecular complexity index is 1650. The number of aryl methyl sites for hydroxylation is 1. The summed E-state index contributed by atoms with van der Waals surface area (Å²) in [6.07, 6.45) is 2.08. The van der Waals surface area contributed by atoms with Crippen molar-refractivity contribution < 1.29 is 17.9 Å². The van der Waals surface area contributed by atoms with Gasteiger partial charge >= 0.3 is 0 Å². The number of benzene rings is 3. The van der Waals surface area contributed by atoms with Gasteiger partial charge in [0, 0.05) is 17.7 Å². The van der Waals surface area contributed by atoms with Crippen molar-refractivity contribution in [1.82, 2.24) is 14.7 Å². The van der Waals surface area contributed by atoms with E-state index in [2.05, 4.69) is 19.1 Å². The van der Waals surface area contributed by atoms with E-state index in [-0.39, 0.29) is 29.5 Å². The van der Waals surface area contributed by atoms with Gasteiger partial charge in [0.2, 0.25) is 0 Å². The van der Waals surface area contributed by atoms with Crippen molar-refractivity contribution in [1.29, 1.82) is 0 Å². The van der Waals surface area contributed by atoms with Crippen LogP contribution in [-0.4, -0.2) is 53.7 Å². The Morgan fingerprint density at radius 1 is 0.976 bits per heavy atom. The van der Waals surface area contributed by atoms with Gasteiger partial charge in [-0.05, 0) is 49.4 Å². The predicted octanol–water partition coefficient (Wildman–Crippen LogP) is 5.79. The fourth-order valence-electron chi connectivity index (χ4n) is 5.92. The monoisotopic (exact) mass is 569 g/mol. The van der Waals surface area contributed by atoms with Crippen molar-refractivity contribution in [2.75, 3.05) is 24.7 Å². The first-order valence-electron chi connectivity index (χ1n) is 14.3. The van der Waals surface area contributed by atoms with Crippen molar-refractivity contribution in [3.8, 4) is 17.0 Å². The van der Waals surface area contributed by atoms with Crippen LogP contribution in [0.4, 0.5) is 0 Å². The fraction of sp³-hybridized carbons (Fsp3) is 0.333. The van der Waals surface area contributed by atoms with Crippen molar-refractivity contribution >= 4 is 15.7 Å². The first kappa shape index (κ1) is 27.3. The van der Waals surface area contributed by atoms with Crippen LogP contribution in [0.2, 0.25) is 0 Å². The molecule has 1 saturated heterocycles. The maximum absolute atomic E-state index is 14.3. The second-order valence-electron chi connectivity index (χ2n) is 11.0. The van der Waals surface area contributed by atoms with Crippen molar-refractivity contribution in [3.63, 3.8) is 0 Å². The van der Waals surface area contributed by atoms with Crippen LogP contribution in [0.1, 0.15) is 64.6 Å². The van der Waals surface area contributed by atoms with Crippen molar-refractivity contribution in [3.05, 3.63) is 107 Å². The Kier molecular flexibility index (Phi) is 7.43. The number of hydrogen-bond acceptors (Lipinski definition) is 5. The molecule has 1 amide bonds. The number of carbonyl (C=O) groups excluding carboxylic acids is 1. The number of aromatic nitrogens is 2. The summed E-state index contributed by atoms with van der Waals surface area (Å²) in [5.74, 6) is 0.796. The van der Waals surface area contributed by atoms with Gasteiger partial charge in [0.1, 0.15) is 11.4 Å². The summed E-state index contributed by atoms with van der Waals surface area (Å²) in [5.41, 5.74) is 6.26. The molecule has 0 bridgehead atoms. The van der Waals surface area contributed by atoms with Crippen LogP contribution >= 0.6 is 0 Å². The zero-order valence-electron chi connectivity index (χ0n) is 23.5. The summed E-state index contributed by atoms with van der Waals surface area (Å²) in [7, 11) is -3.18. The summed E-state index contributed by atoms with van der Waals surface area (Å²) < 4.78 is 32.5. The summed E-state index contributed by atoms with van der Waals surface area (Å²) in [6, 6.07) is 25.6. The van der Waals surface area contributed by atoms with Gasteiger partial charge in [-0.3, -0.25) is 9.48 Å². The van der Waals surface area contributed by atoms with Crippen LogP contribution in [-0.2, 0) is 16.3 Å². The Balaban J connectivity index is 1.49. The van der Waals surface area contributed by atoms with Crippen LogP contribution < -0.4 is 4.74 Å². The Labute approximate surface area is 241 Å². The minimum atomic E-state index is -3.18. The minimum absolute atomic E-state index is 0.000115. The van der Waals surface area contributed by atoms with E-state index >= 15 is 0 Å². The summed E-state index contributed by atoms with van der Waals surface area (Å²) >= 11 is 0. The summed E-state index contributed by atoms with van der Waals surface area (Å²) in [4.78, 5) is 16.3. The first-order chi connectivity index (χ1) is 19.8. The lowest BCUT2D eigenvalue weighted by molar-refractivity contribution is 0.0738. The maximum Gasteiger partial charge on any atom is 0.273 e. The smallest absolute Gasteiger partial charge is 0.273 e. The highest BCUT2D eigenvalue weighted by molar-refractivity contribution is 7.91. The molecular weight excluding hydrogens is 534 g/mol. The SMILES string of the molecule is CCCOc1ccc([C@@H]2c3c(-c4ccc(C)cc4)nn([C@H]4CCS(=O)(=O)C4)c3C(=O)N2CCc2ccccc2)cc1. The molecule has 0 N–H and O–H groups in total. The minimum Gasteiger partial charge on any atom is -0.494 e. The lowest BCUT2D eigenvalue weighted by Crippen LogP contribution is -2.32. The average Bonchev–Trinajstić information content (AvgIpc) is 3.63. The molecule has 212 valence electrons. The molecule has 0 saturated carbocycles. The van der Waals surface area contributed by atoms with Crippen LogP contribution in [0, 0.1) is 6.92 Å². The van der Waals surface area contributed by atoms with Crippen LogP contribution in [0.3, 0.4) is 0 Å². The third-order valence-electron chi connectivity index (χ3n) is 8.03. The maximum atomic E-state index is 14.3. The van der Waals surface area contributed by atoms with E-state index in [0.717, 1.165) is 45.7 Å². The molecule has 3 aromatic carbocycles. The normalized spacial score (nSPS) is 19.5. The van der Waals surface area contributed by atoms with Crippen molar-refractivity contribution in [2.24, 2.45) is 0 Å². The molecule has 3 heterocycles. The summed E-state index contributed by atoms with van der Waals surface area (Å²) in [5, 5.41) is 5.00. The van der Waals surface area contributed by atoms with Gasteiger partial charge in [-0.25, -0.2) is 8.42 Å². The van der Waals surface area contributed by atoms with E-state index in [4.69, 9.17) is 9.84 Å². The van der Waals surface area contributed by atoms with E-state index < -0.39 is 9.84 Å². The molecule has 6 rings (SSSR count). The van der Waals surface area contributed by atoms with Gasteiger partial charge in [0.25, 0.3) is 5.91 Å². The highest BCUT2D eigenvalue weighted by atomic mass is 32.2. The van der Waals surface area contributed by atoms with Crippen LogP contribution in [0.15, 0.2) is 78.9 Å². The molecule has 1 aromatic heterocycles. The number of hydrogen-bond donors (Lipinski definition) is 0. The zero-order valence-corrected chi connectivity index (χ0v) is 24.3. The largest absolute Gasteiger partial charge is 0.494 e. The second kappa shape index (κ2) is 11.2. The molecule has 8 heteroatoms. The molecule has 0 radical (unpaired) electrons. The molecule has 2 aliphatic rings. The van der Waals surface area contributed by atoms with Crippen LogP contribution in [0.25, 0.3) is 11.3 Å². The van der Waals surface area contributed by atoms with E-state index in [1.54, 1.807) is 4.68 Å². The van der Waals surface area contributed by atoms with Gasteiger partial charge in [-0.2, -0.15) is 5.10 Å². The quantitative estimate of drug-likeness (QED) is 0.255. The van der Waals surface area contributed by atoms with Gasteiger partial charge in [-0.15, -0.1) is 0 Å². The number of sulfone groups is 1. The zero-order chi connectivity index (χ0) is 28.6. The second-order valence-corrected chi connectivity index (χ2v) is 13.3. The van der Waals surface area contributed by atoms with Gasteiger partial charge in [0.05, 0.1) is 35.9 Å². The predicted molar refractivity (Wildman–Crippen MR) is 160 cm³/mol. The number of ether oxygens (including phenoxy) is 1. The average molecular weight is 570 g/mol. The summed E-state index contributed by atoms with van der Waals surface area (Å²) in [6.45, 7) is 5.27. The van der Waals surface area contributed by atoms with Crippen molar-refractivity contribution in [2.45, 2.75) is 45.2 Å². The molecular formula is C33H35N3O4S. The lowest BCUT2D eigenvalue weighted by atomic mass is 9.95. The molecule has 1 fully saturated rings. The number of amides is 1. The van der Waals surface area contributed by atoms with E-state index in [9.17, 15) is 13.2 Å². The molecule has 2 atom stereocenters. The number of fused-ring (bicyclic) bond motifs is 1. The molecule has 41 heavy (non-hydrogen) atoms. The van der Waals surface area contributed by atoms with Gasteiger partial charge in [0.15, 0.2) is 9.84 Å². The van der Waals surface area contributed by atoms with Gasteiger partial charge < -0.3 is 9.64 Å². The standard InChI is InChI=1S/C33H35N3O4S/c1-3-20-40-28-15-13-26(14-16-28)31-29-30(25-11-9-23(2)10-12-25)34-36(27-18-21-41(38,39)22-27)32(29)33(37)35(31)19-17-24-7-5-4-6-8-24/h4-16,27,31H,3,17-22H2,1-2H3/t27-,31+/m0/s1. The number of carbonyl (C=O) groups is 1. The highest BCUT2D eigenvalue weighted by Gasteiger charge is 2.46. The third-order valence-corrected chi connectivity index (χ3v) is 9.78. The molecule has 4 aromatic rings. The number of nitrogens with zero attached hydrogens (tertiary/aromatic N) is 3. The van der Waals surface area contributed by atoms with E-state index in [1.807, 2.05) is 78.6 Å². The first-order valence-corrected chi connectivity index (χ1v) is 16.1. The third kappa shape index (κ3) is 5.40. The topological polar surface area (TPSA) is 81.5 Å².